The van der Waals surface area contributed by atoms with Crippen molar-refractivity contribution in [1.29, 1.82) is 0 Å². The molecule has 29 heavy (non-hydrogen) atoms. The number of ether oxygens (including phenoxy) is 3. The SMILES string of the molecule is COCCOCCOCC(=O)N(Cc1nn(C)cc1Cl)Cc1c(C)nn(C)c1C. The lowest BCUT2D eigenvalue weighted by molar-refractivity contribution is -0.138. The molecule has 0 unspecified atom stereocenters. The molecule has 0 spiro atoms. The van der Waals surface area contributed by atoms with Crippen LogP contribution < -0.4 is 0 Å². The quantitative estimate of drug-likeness (QED) is 0.479. The molecule has 0 aliphatic rings. The molecule has 9 nitrogen and oxygen atoms in total. The first-order chi connectivity index (χ1) is 13.8. The van der Waals surface area contributed by atoms with Gasteiger partial charge in [-0.3, -0.25) is 14.2 Å². The van der Waals surface area contributed by atoms with Crippen LogP contribution in [0.4, 0.5) is 0 Å². The van der Waals surface area contributed by atoms with E-state index in [0.29, 0.717) is 50.2 Å². The van der Waals surface area contributed by atoms with Crippen molar-refractivity contribution in [3.63, 3.8) is 0 Å². The maximum atomic E-state index is 12.9. The van der Waals surface area contributed by atoms with E-state index in [4.69, 9.17) is 25.8 Å². The van der Waals surface area contributed by atoms with Crippen molar-refractivity contribution in [2.24, 2.45) is 14.1 Å². The summed E-state index contributed by atoms with van der Waals surface area (Å²) in [6, 6.07) is 0. The lowest BCUT2D eigenvalue weighted by Gasteiger charge is -2.22. The zero-order valence-corrected chi connectivity index (χ0v) is 18.5. The highest BCUT2D eigenvalue weighted by Gasteiger charge is 2.21. The van der Waals surface area contributed by atoms with Crippen molar-refractivity contribution in [2.75, 3.05) is 40.1 Å². The molecule has 0 saturated heterocycles. The predicted molar refractivity (Wildman–Crippen MR) is 109 cm³/mol. The third-order valence-electron chi connectivity index (χ3n) is 4.58. The maximum absolute atomic E-state index is 12.9. The van der Waals surface area contributed by atoms with E-state index in [1.54, 1.807) is 29.9 Å². The first-order valence-corrected chi connectivity index (χ1v) is 9.80. The summed E-state index contributed by atoms with van der Waals surface area (Å²) in [5, 5.41) is 9.32. The molecule has 1 amide bonds. The van der Waals surface area contributed by atoms with Crippen LogP contribution >= 0.6 is 11.6 Å². The standard InChI is InChI=1S/C19H30ClN5O4/c1-14-16(15(2)24(4)21-14)10-25(12-18-17(20)11-23(3)22-18)19(26)13-29-9-8-28-7-6-27-5/h11H,6-10,12-13H2,1-5H3. The van der Waals surface area contributed by atoms with Crippen molar-refractivity contribution in [3.8, 4) is 0 Å². The van der Waals surface area contributed by atoms with Gasteiger partial charge in [0.2, 0.25) is 5.91 Å². The van der Waals surface area contributed by atoms with Crippen molar-refractivity contribution in [2.45, 2.75) is 26.9 Å². The number of halogens is 1. The largest absolute Gasteiger partial charge is 0.382 e. The second-order valence-electron chi connectivity index (χ2n) is 6.78. The van der Waals surface area contributed by atoms with Crippen LogP contribution in [0.1, 0.15) is 22.6 Å². The number of aromatic nitrogens is 4. The molecular weight excluding hydrogens is 398 g/mol. The van der Waals surface area contributed by atoms with Gasteiger partial charge in [0, 0.05) is 45.2 Å². The Morgan fingerprint density at radius 1 is 1.10 bits per heavy atom. The highest BCUT2D eigenvalue weighted by molar-refractivity contribution is 6.31. The fourth-order valence-electron chi connectivity index (χ4n) is 2.88. The molecule has 0 aromatic carbocycles. The van der Waals surface area contributed by atoms with Crippen LogP contribution in [0.3, 0.4) is 0 Å². The Hall–Kier alpha value is -1.94. The summed E-state index contributed by atoms with van der Waals surface area (Å²) in [6.45, 7) is 6.34. The molecule has 2 rings (SSSR count). The fourth-order valence-corrected chi connectivity index (χ4v) is 3.11. The van der Waals surface area contributed by atoms with Gasteiger partial charge in [-0.2, -0.15) is 10.2 Å². The van der Waals surface area contributed by atoms with E-state index in [1.165, 1.54) is 0 Å². The van der Waals surface area contributed by atoms with Gasteiger partial charge in [-0.1, -0.05) is 11.6 Å². The average Bonchev–Trinajstić information content (AvgIpc) is 3.11. The van der Waals surface area contributed by atoms with Gasteiger partial charge in [-0.25, -0.2) is 0 Å². The van der Waals surface area contributed by atoms with Gasteiger partial charge in [0.1, 0.15) is 12.3 Å². The molecule has 2 heterocycles. The Bertz CT molecular complexity index is 805. The normalized spacial score (nSPS) is 11.2. The van der Waals surface area contributed by atoms with Crippen LogP contribution in [0.2, 0.25) is 5.02 Å². The minimum Gasteiger partial charge on any atom is -0.382 e. The molecule has 2 aromatic heterocycles. The van der Waals surface area contributed by atoms with E-state index in [9.17, 15) is 4.79 Å². The first kappa shape index (κ1) is 23.3. The summed E-state index contributed by atoms with van der Waals surface area (Å²) in [5.74, 6) is -0.147. The van der Waals surface area contributed by atoms with Crippen molar-refractivity contribution in [1.82, 2.24) is 24.5 Å². The smallest absolute Gasteiger partial charge is 0.249 e. The van der Waals surface area contributed by atoms with E-state index in [1.807, 2.05) is 25.6 Å². The summed E-state index contributed by atoms with van der Waals surface area (Å²) in [6.07, 6.45) is 1.72. The minimum absolute atomic E-state index is 0.0452. The predicted octanol–water partition coefficient (Wildman–Crippen LogP) is 1.63. The summed E-state index contributed by atoms with van der Waals surface area (Å²) in [7, 11) is 5.30. The molecule has 162 valence electrons. The van der Waals surface area contributed by atoms with E-state index in [0.717, 1.165) is 17.0 Å². The number of carbonyl (C=O) groups is 1. The van der Waals surface area contributed by atoms with Gasteiger partial charge in [-0.15, -0.1) is 0 Å². The van der Waals surface area contributed by atoms with Crippen molar-refractivity contribution < 1.29 is 19.0 Å². The molecule has 10 heteroatoms. The molecule has 0 radical (unpaired) electrons. The summed E-state index contributed by atoms with van der Waals surface area (Å²) >= 11 is 6.25. The Balaban J connectivity index is 2.01. The Kier molecular flexibility index (Phi) is 9.09. The molecule has 0 aliphatic carbocycles. The third-order valence-corrected chi connectivity index (χ3v) is 4.90. The van der Waals surface area contributed by atoms with E-state index < -0.39 is 0 Å². The lowest BCUT2D eigenvalue weighted by Crippen LogP contribution is -2.34. The number of amides is 1. The van der Waals surface area contributed by atoms with Gasteiger partial charge < -0.3 is 19.1 Å². The fraction of sp³-hybridized carbons (Fsp3) is 0.632. The summed E-state index contributed by atoms with van der Waals surface area (Å²) in [5.41, 5.74) is 3.56. The third kappa shape index (κ3) is 6.81. The average molecular weight is 428 g/mol. The van der Waals surface area contributed by atoms with Crippen LogP contribution in [0.15, 0.2) is 6.20 Å². The van der Waals surface area contributed by atoms with Crippen LogP contribution in [0, 0.1) is 13.8 Å². The molecule has 0 aliphatic heterocycles. The van der Waals surface area contributed by atoms with Crippen LogP contribution in [0.25, 0.3) is 0 Å². The molecule has 0 atom stereocenters. The Labute approximate surface area is 176 Å². The van der Waals surface area contributed by atoms with Gasteiger partial charge in [0.15, 0.2) is 0 Å². The number of hydrogen-bond acceptors (Lipinski definition) is 6. The number of methoxy groups -OCH3 is 1. The second kappa shape index (κ2) is 11.3. The molecule has 0 fully saturated rings. The summed E-state index contributed by atoms with van der Waals surface area (Å²) < 4.78 is 19.2. The lowest BCUT2D eigenvalue weighted by atomic mass is 10.1. The highest BCUT2D eigenvalue weighted by atomic mass is 35.5. The summed E-state index contributed by atoms with van der Waals surface area (Å²) in [4.78, 5) is 14.6. The number of rotatable bonds is 12. The second-order valence-corrected chi connectivity index (χ2v) is 7.19. The van der Waals surface area contributed by atoms with Gasteiger partial charge in [-0.05, 0) is 13.8 Å². The number of hydrogen-bond donors (Lipinski definition) is 0. The number of carbonyl (C=O) groups excluding carboxylic acids is 1. The van der Waals surface area contributed by atoms with Crippen LogP contribution in [0.5, 0.6) is 0 Å². The van der Waals surface area contributed by atoms with E-state index in [2.05, 4.69) is 10.2 Å². The molecular formula is C19H30ClN5O4. The molecule has 0 N–H and O–H groups in total. The Morgan fingerprint density at radius 3 is 2.38 bits per heavy atom. The van der Waals surface area contributed by atoms with Crippen molar-refractivity contribution >= 4 is 17.5 Å². The zero-order valence-electron chi connectivity index (χ0n) is 17.8. The molecule has 0 bridgehead atoms. The number of nitrogens with zero attached hydrogens (tertiary/aromatic N) is 5. The highest BCUT2D eigenvalue weighted by Crippen LogP contribution is 2.20. The molecule has 0 saturated carbocycles. The molecule has 2 aromatic rings. The zero-order chi connectivity index (χ0) is 21.4. The Morgan fingerprint density at radius 2 is 1.79 bits per heavy atom. The number of aryl methyl sites for hydroxylation is 3. The maximum Gasteiger partial charge on any atom is 0.249 e. The first-order valence-electron chi connectivity index (χ1n) is 9.42. The topological polar surface area (TPSA) is 83.6 Å². The van der Waals surface area contributed by atoms with E-state index >= 15 is 0 Å². The minimum atomic E-state index is -0.147. The van der Waals surface area contributed by atoms with E-state index in [-0.39, 0.29) is 12.5 Å². The monoisotopic (exact) mass is 427 g/mol. The van der Waals surface area contributed by atoms with Crippen LogP contribution in [-0.2, 0) is 46.2 Å². The van der Waals surface area contributed by atoms with Gasteiger partial charge >= 0.3 is 0 Å². The van der Waals surface area contributed by atoms with Gasteiger partial charge in [0.05, 0.1) is 43.7 Å². The van der Waals surface area contributed by atoms with Crippen LogP contribution in [-0.4, -0.2) is 70.5 Å². The van der Waals surface area contributed by atoms with Crippen molar-refractivity contribution in [3.05, 3.63) is 33.9 Å². The van der Waals surface area contributed by atoms with Gasteiger partial charge in [0.25, 0.3) is 0 Å².